The van der Waals surface area contributed by atoms with Gasteiger partial charge in [0, 0.05) is 13.5 Å². The SMILES string of the molecule is CC(=O)O.CCCCCCCCCCC(O)CN(C)C. The number of hydrogen-bond acceptors (Lipinski definition) is 3. The molecule has 2 N–H and O–H groups in total. The Bertz CT molecular complexity index is 204. The van der Waals surface area contributed by atoms with Crippen LogP contribution in [0.1, 0.15) is 71.6 Å². The molecule has 4 nitrogen and oxygen atoms in total. The van der Waals surface area contributed by atoms with Crippen LogP contribution >= 0.6 is 0 Å². The number of aliphatic carboxylic acids is 1. The predicted octanol–water partition coefficient (Wildman–Crippen LogP) is 3.53. The molecule has 20 heavy (non-hydrogen) atoms. The fourth-order valence-corrected chi connectivity index (χ4v) is 2.03. The van der Waals surface area contributed by atoms with Gasteiger partial charge in [0.25, 0.3) is 5.97 Å². The highest BCUT2D eigenvalue weighted by molar-refractivity contribution is 5.62. The van der Waals surface area contributed by atoms with Crippen LogP contribution in [-0.4, -0.2) is 47.8 Å². The van der Waals surface area contributed by atoms with Crippen molar-refractivity contribution >= 4 is 5.97 Å². The van der Waals surface area contributed by atoms with Gasteiger partial charge in [-0.3, -0.25) is 4.79 Å². The zero-order valence-electron chi connectivity index (χ0n) is 13.9. The van der Waals surface area contributed by atoms with Gasteiger partial charge in [0.15, 0.2) is 0 Å². The van der Waals surface area contributed by atoms with Crippen molar-refractivity contribution in [3.8, 4) is 0 Å². The van der Waals surface area contributed by atoms with Crippen molar-refractivity contribution in [2.75, 3.05) is 20.6 Å². The lowest BCUT2D eigenvalue weighted by Gasteiger charge is -2.15. The Kier molecular flexibility index (Phi) is 17.8. The van der Waals surface area contributed by atoms with E-state index in [1.54, 1.807) is 0 Å². The van der Waals surface area contributed by atoms with Gasteiger partial charge in [-0.05, 0) is 20.5 Å². The molecule has 0 fully saturated rings. The topological polar surface area (TPSA) is 60.8 Å². The minimum Gasteiger partial charge on any atom is -0.481 e. The first-order chi connectivity index (χ1) is 9.40. The number of nitrogens with zero attached hydrogens (tertiary/aromatic N) is 1. The van der Waals surface area contributed by atoms with Gasteiger partial charge in [-0.25, -0.2) is 0 Å². The lowest BCUT2D eigenvalue weighted by atomic mass is 10.1. The van der Waals surface area contributed by atoms with E-state index in [0.29, 0.717) is 0 Å². The van der Waals surface area contributed by atoms with E-state index >= 15 is 0 Å². The standard InChI is InChI=1S/C14H31NO.C2H4O2/c1-4-5-6-7-8-9-10-11-12-14(16)13-15(2)3;1-2(3)4/h14,16H,4-13H2,1-3H3;1H3,(H,3,4). The zero-order chi connectivity index (χ0) is 15.8. The number of carboxylic acid groups (broad SMARTS) is 1. The summed E-state index contributed by atoms with van der Waals surface area (Å²) in [6.45, 7) is 4.14. The van der Waals surface area contributed by atoms with E-state index in [1.807, 2.05) is 14.1 Å². The molecule has 0 aromatic rings. The monoisotopic (exact) mass is 289 g/mol. The molecule has 0 aromatic carbocycles. The van der Waals surface area contributed by atoms with E-state index in [-0.39, 0.29) is 6.10 Å². The Labute approximate surface area is 125 Å². The molecule has 122 valence electrons. The van der Waals surface area contributed by atoms with Crippen LogP contribution in [0.3, 0.4) is 0 Å². The van der Waals surface area contributed by atoms with Gasteiger partial charge in [0.2, 0.25) is 0 Å². The third kappa shape index (κ3) is 26.1. The van der Waals surface area contributed by atoms with Crippen LogP contribution < -0.4 is 0 Å². The van der Waals surface area contributed by atoms with Crippen molar-refractivity contribution in [1.82, 2.24) is 4.90 Å². The maximum absolute atomic E-state index is 9.65. The van der Waals surface area contributed by atoms with E-state index in [9.17, 15) is 5.11 Å². The van der Waals surface area contributed by atoms with Crippen molar-refractivity contribution in [2.45, 2.75) is 77.7 Å². The Morgan fingerprint density at radius 2 is 1.40 bits per heavy atom. The average molecular weight is 289 g/mol. The number of rotatable bonds is 11. The Morgan fingerprint density at radius 3 is 1.80 bits per heavy atom. The first kappa shape index (κ1) is 21.7. The molecule has 0 rings (SSSR count). The Morgan fingerprint density at radius 1 is 1.00 bits per heavy atom. The molecule has 0 amide bonds. The highest BCUT2D eigenvalue weighted by Gasteiger charge is 2.04. The minimum atomic E-state index is -0.833. The lowest BCUT2D eigenvalue weighted by Crippen LogP contribution is -2.25. The van der Waals surface area contributed by atoms with Gasteiger partial charge in [-0.15, -0.1) is 0 Å². The van der Waals surface area contributed by atoms with Crippen molar-refractivity contribution in [2.24, 2.45) is 0 Å². The Hall–Kier alpha value is -0.610. The van der Waals surface area contributed by atoms with Crippen LogP contribution in [0.2, 0.25) is 0 Å². The summed E-state index contributed by atoms with van der Waals surface area (Å²) in [5, 5.41) is 17.1. The summed E-state index contributed by atoms with van der Waals surface area (Å²) < 4.78 is 0. The highest BCUT2D eigenvalue weighted by atomic mass is 16.4. The van der Waals surface area contributed by atoms with E-state index in [1.165, 1.54) is 51.4 Å². The summed E-state index contributed by atoms with van der Waals surface area (Å²) in [6, 6.07) is 0. The van der Waals surface area contributed by atoms with Gasteiger partial charge < -0.3 is 15.1 Å². The minimum absolute atomic E-state index is 0.130. The van der Waals surface area contributed by atoms with Crippen LogP contribution in [0.25, 0.3) is 0 Å². The van der Waals surface area contributed by atoms with Crippen molar-refractivity contribution < 1.29 is 15.0 Å². The Balaban J connectivity index is 0. The fourth-order valence-electron chi connectivity index (χ4n) is 2.03. The second kappa shape index (κ2) is 16.4. The van der Waals surface area contributed by atoms with Crippen molar-refractivity contribution in [3.63, 3.8) is 0 Å². The summed E-state index contributed by atoms with van der Waals surface area (Å²) in [7, 11) is 4.02. The number of unbranched alkanes of at least 4 members (excludes halogenated alkanes) is 7. The third-order valence-corrected chi connectivity index (χ3v) is 2.97. The van der Waals surface area contributed by atoms with Gasteiger partial charge in [-0.2, -0.15) is 0 Å². The fraction of sp³-hybridized carbons (Fsp3) is 0.938. The second-order valence-electron chi connectivity index (χ2n) is 5.70. The van der Waals surface area contributed by atoms with E-state index in [2.05, 4.69) is 11.8 Å². The molecule has 0 spiro atoms. The molecule has 0 aliphatic carbocycles. The molecule has 0 bridgehead atoms. The largest absolute Gasteiger partial charge is 0.481 e. The van der Waals surface area contributed by atoms with Crippen LogP contribution in [0.4, 0.5) is 0 Å². The molecule has 0 heterocycles. The summed E-state index contributed by atoms with van der Waals surface area (Å²) in [5.41, 5.74) is 0. The first-order valence-electron chi connectivity index (χ1n) is 7.92. The lowest BCUT2D eigenvalue weighted by molar-refractivity contribution is -0.134. The number of likely N-dealkylation sites (N-methyl/N-ethyl adjacent to an activating group) is 1. The first-order valence-corrected chi connectivity index (χ1v) is 7.92. The maximum atomic E-state index is 9.65. The van der Waals surface area contributed by atoms with Crippen LogP contribution in [0, 0.1) is 0 Å². The number of carboxylic acids is 1. The number of aliphatic hydroxyl groups excluding tert-OH is 1. The van der Waals surface area contributed by atoms with Gasteiger partial charge >= 0.3 is 0 Å². The quantitative estimate of drug-likeness (QED) is 0.571. The summed E-state index contributed by atoms with van der Waals surface area (Å²) in [5.74, 6) is -0.833. The number of hydrogen-bond donors (Lipinski definition) is 2. The molecule has 0 aromatic heterocycles. The maximum Gasteiger partial charge on any atom is 0.300 e. The molecule has 0 saturated carbocycles. The number of aliphatic hydroxyl groups is 1. The average Bonchev–Trinajstić information content (AvgIpc) is 2.31. The van der Waals surface area contributed by atoms with E-state index in [0.717, 1.165) is 19.9 Å². The second-order valence-corrected chi connectivity index (χ2v) is 5.70. The molecule has 0 aliphatic heterocycles. The number of carbonyl (C=O) groups is 1. The van der Waals surface area contributed by atoms with Gasteiger partial charge in [0.1, 0.15) is 0 Å². The van der Waals surface area contributed by atoms with Crippen molar-refractivity contribution in [3.05, 3.63) is 0 Å². The van der Waals surface area contributed by atoms with Crippen LogP contribution in [0.5, 0.6) is 0 Å². The van der Waals surface area contributed by atoms with Gasteiger partial charge in [0.05, 0.1) is 6.10 Å². The molecular weight excluding hydrogens is 254 g/mol. The summed E-state index contributed by atoms with van der Waals surface area (Å²) >= 11 is 0. The van der Waals surface area contributed by atoms with Crippen LogP contribution in [0.15, 0.2) is 0 Å². The third-order valence-electron chi connectivity index (χ3n) is 2.97. The highest BCUT2D eigenvalue weighted by Crippen LogP contribution is 2.10. The predicted molar refractivity (Wildman–Crippen MR) is 85.1 cm³/mol. The summed E-state index contributed by atoms with van der Waals surface area (Å²) in [6.07, 6.45) is 11.6. The molecule has 0 radical (unpaired) electrons. The smallest absolute Gasteiger partial charge is 0.300 e. The van der Waals surface area contributed by atoms with E-state index in [4.69, 9.17) is 9.90 Å². The normalized spacial score (nSPS) is 11.9. The molecule has 1 atom stereocenters. The molecule has 0 aliphatic rings. The van der Waals surface area contributed by atoms with Gasteiger partial charge in [-0.1, -0.05) is 58.3 Å². The summed E-state index contributed by atoms with van der Waals surface area (Å²) in [4.78, 5) is 11.1. The molecular formula is C16H35NO3. The zero-order valence-corrected chi connectivity index (χ0v) is 13.9. The van der Waals surface area contributed by atoms with E-state index < -0.39 is 5.97 Å². The molecule has 4 heteroatoms. The van der Waals surface area contributed by atoms with Crippen LogP contribution in [-0.2, 0) is 4.79 Å². The molecule has 0 saturated heterocycles. The van der Waals surface area contributed by atoms with Crippen molar-refractivity contribution in [1.29, 1.82) is 0 Å². The molecule has 1 unspecified atom stereocenters.